The molecule has 1 rings (SSSR count). The molecule has 0 aliphatic rings. The highest BCUT2D eigenvalue weighted by atomic mass is 19.4. The van der Waals surface area contributed by atoms with Crippen LogP contribution in [0.25, 0.3) is 0 Å². The summed E-state index contributed by atoms with van der Waals surface area (Å²) >= 11 is 0. The van der Waals surface area contributed by atoms with E-state index in [-0.39, 0.29) is 12.1 Å². The lowest BCUT2D eigenvalue weighted by Gasteiger charge is -2.14. The molecule has 5 N–H and O–H groups in total. The van der Waals surface area contributed by atoms with Crippen molar-refractivity contribution < 1.29 is 23.0 Å². The third-order valence-electron chi connectivity index (χ3n) is 1.56. The van der Waals surface area contributed by atoms with E-state index in [4.69, 9.17) is 16.6 Å². The molecular formula is C7H8F3N3O2. The van der Waals surface area contributed by atoms with Gasteiger partial charge in [-0.2, -0.15) is 0 Å². The molecule has 0 amide bonds. The largest absolute Gasteiger partial charge is 0.573 e. The number of halogens is 3. The summed E-state index contributed by atoms with van der Waals surface area (Å²) < 4.78 is 39.4. The van der Waals surface area contributed by atoms with Crippen LogP contribution in [-0.4, -0.2) is 16.5 Å². The molecule has 8 heteroatoms. The Labute approximate surface area is 82.5 Å². The Bertz CT molecular complexity index is 367. The number of aromatic hydroxyl groups is 1. The van der Waals surface area contributed by atoms with Gasteiger partial charge >= 0.3 is 6.36 Å². The van der Waals surface area contributed by atoms with E-state index in [0.29, 0.717) is 0 Å². The van der Waals surface area contributed by atoms with E-state index in [1.54, 1.807) is 0 Å². The molecule has 0 spiro atoms. The maximum Gasteiger partial charge on any atom is 0.573 e. The molecule has 0 aliphatic heterocycles. The summed E-state index contributed by atoms with van der Waals surface area (Å²) in [6.07, 6.45) is -4.01. The summed E-state index contributed by atoms with van der Waals surface area (Å²) in [7, 11) is 0. The van der Waals surface area contributed by atoms with Gasteiger partial charge in [-0.3, -0.25) is 0 Å². The molecule has 1 aromatic heterocycles. The van der Waals surface area contributed by atoms with E-state index in [1.165, 1.54) is 0 Å². The highest BCUT2D eigenvalue weighted by Crippen LogP contribution is 2.34. The minimum Gasteiger partial charge on any atom is -0.506 e. The van der Waals surface area contributed by atoms with Crippen molar-refractivity contribution >= 4 is 5.82 Å². The van der Waals surface area contributed by atoms with Crippen LogP contribution in [0.1, 0.15) is 5.56 Å². The van der Waals surface area contributed by atoms with Crippen molar-refractivity contribution in [2.75, 3.05) is 5.73 Å². The lowest BCUT2D eigenvalue weighted by Crippen LogP contribution is -2.20. The number of nitrogen functional groups attached to an aromatic ring is 1. The van der Waals surface area contributed by atoms with Crippen LogP contribution in [0.5, 0.6) is 11.5 Å². The van der Waals surface area contributed by atoms with Crippen LogP contribution >= 0.6 is 0 Å². The van der Waals surface area contributed by atoms with Gasteiger partial charge in [0.2, 0.25) is 0 Å². The third kappa shape index (κ3) is 2.62. The van der Waals surface area contributed by atoms with E-state index in [9.17, 15) is 13.2 Å². The second-order valence-corrected chi connectivity index (χ2v) is 2.59. The number of hydrogen-bond acceptors (Lipinski definition) is 5. The van der Waals surface area contributed by atoms with Crippen LogP contribution in [0.4, 0.5) is 19.0 Å². The molecule has 15 heavy (non-hydrogen) atoms. The third-order valence-corrected chi connectivity index (χ3v) is 1.56. The Balaban J connectivity index is 3.20. The van der Waals surface area contributed by atoms with E-state index >= 15 is 0 Å². The number of ether oxygens (including phenoxy) is 1. The molecule has 1 heterocycles. The van der Waals surface area contributed by atoms with Crippen LogP contribution in [-0.2, 0) is 6.54 Å². The Morgan fingerprint density at radius 1 is 1.47 bits per heavy atom. The summed E-state index contributed by atoms with van der Waals surface area (Å²) in [6, 6.07) is 0. The van der Waals surface area contributed by atoms with Gasteiger partial charge in [0.25, 0.3) is 0 Å². The molecule has 1 aromatic rings. The Kier molecular flexibility index (Phi) is 2.89. The fraction of sp³-hybridized carbons (Fsp3) is 0.286. The van der Waals surface area contributed by atoms with Crippen molar-refractivity contribution in [3.63, 3.8) is 0 Å². The van der Waals surface area contributed by atoms with Crippen molar-refractivity contribution in [3.05, 3.63) is 11.8 Å². The Morgan fingerprint density at radius 2 is 2.07 bits per heavy atom. The van der Waals surface area contributed by atoms with E-state index in [1.807, 2.05) is 0 Å². The van der Waals surface area contributed by atoms with Crippen molar-refractivity contribution in [1.82, 2.24) is 4.98 Å². The zero-order chi connectivity index (χ0) is 11.6. The van der Waals surface area contributed by atoms with Crippen LogP contribution < -0.4 is 16.2 Å². The van der Waals surface area contributed by atoms with Gasteiger partial charge in [-0.1, -0.05) is 0 Å². The monoisotopic (exact) mass is 223 g/mol. The summed E-state index contributed by atoms with van der Waals surface area (Å²) in [4.78, 5) is 3.32. The maximum absolute atomic E-state index is 11.9. The van der Waals surface area contributed by atoms with Crippen molar-refractivity contribution in [2.45, 2.75) is 12.9 Å². The zero-order valence-electron chi connectivity index (χ0n) is 7.38. The minimum atomic E-state index is -4.91. The highest BCUT2D eigenvalue weighted by molar-refractivity contribution is 5.55. The predicted molar refractivity (Wildman–Crippen MR) is 44.9 cm³/mol. The summed E-state index contributed by atoms with van der Waals surface area (Å²) in [6.45, 7) is -0.343. The fourth-order valence-corrected chi connectivity index (χ4v) is 0.965. The molecule has 0 saturated heterocycles. The normalized spacial score (nSPS) is 11.5. The summed E-state index contributed by atoms with van der Waals surface area (Å²) in [5.41, 5.74) is 10.1. The van der Waals surface area contributed by atoms with Gasteiger partial charge < -0.3 is 21.3 Å². The van der Waals surface area contributed by atoms with Crippen LogP contribution in [0, 0.1) is 0 Å². The first-order valence-electron chi connectivity index (χ1n) is 3.77. The molecular weight excluding hydrogens is 215 g/mol. The van der Waals surface area contributed by atoms with E-state index in [0.717, 1.165) is 6.20 Å². The molecule has 0 atom stereocenters. The van der Waals surface area contributed by atoms with E-state index in [2.05, 4.69) is 9.72 Å². The van der Waals surface area contributed by atoms with Crippen LogP contribution in [0.3, 0.4) is 0 Å². The maximum atomic E-state index is 11.9. The number of pyridine rings is 1. The first-order valence-corrected chi connectivity index (χ1v) is 3.77. The number of anilines is 1. The molecule has 0 aliphatic carbocycles. The Hall–Kier alpha value is -1.70. The number of aromatic nitrogens is 1. The first-order chi connectivity index (χ1) is 6.85. The Morgan fingerprint density at radius 3 is 2.53 bits per heavy atom. The molecule has 5 nitrogen and oxygen atoms in total. The lowest BCUT2D eigenvalue weighted by molar-refractivity contribution is -0.274. The van der Waals surface area contributed by atoms with Crippen LogP contribution in [0.2, 0.25) is 0 Å². The average molecular weight is 223 g/mol. The van der Waals surface area contributed by atoms with Gasteiger partial charge in [0, 0.05) is 6.54 Å². The number of hydrogen-bond donors (Lipinski definition) is 3. The smallest absolute Gasteiger partial charge is 0.506 e. The molecule has 0 bridgehead atoms. The van der Waals surface area contributed by atoms with Gasteiger partial charge in [-0.25, -0.2) is 4.98 Å². The minimum absolute atomic E-state index is 0.236. The number of alkyl halides is 3. The molecule has 0 unspecified atom stereocenters. The SMILES string of the molecule is NCc1c(O)cnc(N)c1OC(F)(F)F. The highest BCUT2D eigenvalue weighted by Gasteiger charge is 2.33. The number of rotatable bonds is 2. The second-order valence-electron chi connectivity index (χ2n) is 2.59. The molecule has 0 saturated carbocycles. The zero-order valence-corrected chi connectivity index (χ0v) is 7.38. The quantitative estimate of drug-likeness (QED) is 0.686. The lowest BCUT2D eigenvalue weighted by atomic mass is 10.2. The van der Waals surface area contributed by atoms with Crippen LogP contribution in [0.15, 0.2) is 6.20 Å². The summed E-state index contributed by atoms with van der Waals surface area (Å²) in [5, 5.41) is 9.17. The van der Waals surface area contributed by atoms with Gasteiger partial charge in [0.1, 0.15) is 5.75 Å². The standard InChI is InChI=1S/C7H8F3N3O2/c8-7(9,10)15-5-3(1-11)4(14)2-13-6(5)12/h2,14H,1,11H2,(H2,12,13). The molecule has 0 aromatic carbocycles. The number of nitrogens with two attached hydrogens (primary N) is 2. The first kappa shape index (κ1) is 11.4. The summed E-state index contributed by atoms with van der Waals surface area (Å²) in [5.74, 6) is -1.73. The fourth-order valence-electron chi connectivity index (χ4n) is 0.965. The van der Waals surface area contributed by atoms with Gasteiger partial charge in [-0.15, -0.1) is 13.2 Å². The van der Waals surface area contributed by atoms with Crippen molar-refractivity contribution in [2.24, 2.45) is 5.73 Å². The predicted octanol–water partition coefficient (Wildman–Crippen LogP) is 0.727. The topological polar surface area (TPSA) is 94.4 Å². The van der Waals surface area contributed by atoms with E-state index < -0.39 is 23.7 Å². The molecule has 0 radical (unpaired) electrons. The van der Waals surface area contributed by atoms with Crippen molar-refractivity contribution in [3.8, 4) is 11.5 Å². The second kappa shape index (κ2) is 3.81. The average Bonchev–Trinajstić information content (AvgIpc) is 2.10. The van der Waals surface area contributed by atoms with Gasteiger partial charge in [0.15, 0.2) is 11.6 Å². The number of nitrogens with zero attached hydrogens (tertiary/aromatic N) is 1. The van der Waals surface area contributed by atoms with Gasteiger partial charge in [0.05, 0.1) is 11.8 Å². The van der Waals surface area contributed by atoms with Crippen molar-refractivity contribution in [1.29, 1.82) is 0 Å². The molecule has 84 valence electrons. The molecule has 0 fully saturated rings. The van der Waals surface area contributed by atoms with Gasteiger partial charge in [-0.05, 0) is 0 Å².